The summed E-state index contributed by atoms with van der Waals surface area (Å²) in [4.78, 5) is 8.90. The van der Waals surface area contributed by atoms with E-state index in [0.717, 1.165) is 0 Å². The Hall–Kier alpha value is -0.980. The van der Waals surface area contributed by atoms with Gasteiger partial charge in [-0.2, -0.15) is 0 Å². The standard InChI is InChI=1S/C6H4.C4H11NO4/c1-2-5-4-6(5)3-1;6-1-3-8-5-9-4-2-7/h1-4H;5-7H,1-4H2. The lowest BCUT2D eigenvalue weighted by atomic mass is 10.6. The molecule has 0 fully saturated rings. The van der Waals surface area contributed by atoms with E-state index in [1.165, 1.54) is 11.1 Å². The zero-order chi connectivity index (χ0) is 10.9. The van der Waals surface area contributed by atoms with Crippen molar-refractivity contribution in [3.05, 3.63) is 24.3 Å². The molecule has 0 aromatic rings. The van der Waals surface area contributed by atoms with Gasteiger partial charge in [0.15, 0.2) is 0 Å². The average Bonchev–Trinajstić information content (AvgIpc) is 2.87. The number of hydrogen-bond acceptors (Lipinski definition) is 5. The summed E-state index contributed by atoms with van der Waals surface area (Å²) in [5.74, 6) is 0. The van der Waals surface area contributed by atoms with Crippen molar-refractivity contribution in [2.75, 3.05) is 26.4 Å². The first-order valence-electron chi connectivity index (χ1n) is 4.69. The fraction of sp³-hybridized carbons (Fsp3) is 0.400. The first-order valence-corrected chi connectivity index (χ1v) is 4.69. The van der Waals surface area contributed by atoms with Gasteiger partial charge in [-0.3, -0.25) is 9.68 Å². The Balaban J connectivity index is 0.000000158. The molecular formula is C10H15NO4. The first-order chi connectivity index (χ1) is 7.38. The summed E-state index contributed by atoms with van der Waals surface area (Å²) in [7, 11) is 0. The molecule has 15 heavy (non-hydrogen) atoms. The van der Waals surface area contributed by atoms with Crippen LogP contribution < -0.4 is 5.64 Å². The minimum absolute atomic E-state index is 0.0600. The van der Waals surface area contributed by atoms with E-state index in [4.69, 9.17) is 10.2 Å². The summed E-state index contributed by atoms with van der Waals surface area (Å²) in [5, 5.41) is 16.3. The second-order valence-electron chi connectivity index (χ2n) is 2.81. The maximum atomic E-state index is 8.15. The highest BCUT2D eigenvalue weighted by molar-refractivity contribution is 5.80. The zero-order valence-electron chi connectivity index (χ0n) is 8.35. The topological polar surface area (TPSA) is 71.0 Å². The quantitative estimate of drug-likeness (QED) is 0.468. The highest BCUT2D eigenvalue weighted by Gasteiger charge is 2.06. The van der Waals surface area contributed by atoms with E-state index >= 15 is 0 Å². The molecule has 5 heteroatoms. The highest BCUT2D eigenvalue weighted by Crippen LogP contribution is 2.32. The Morgan fingerprint density at radius 1 is 1.00 bits per heavy atom. The summed E-state index contributed by atoms with van der Waals surface area (Å²) >= 11 is 0. The van der Waals surface area contributed by atoms with Crippen molar-refractivity contribution in [3.8, 4) is 11.1 Å². The van der Waals surface area contributed by atoms with E-state index in [9.17, 15) is 0 Å². The largest absolute Gasteiger partial charge is 0.394 e. The number of benzene rings is 1. The van der Waals surface area contributed by atoms with Gasteiger partial charge in [-0.15, -0.1) is 0 Å². The van der Waals surface area contributed by atoms with Crippen molar-refractivity contribution >= 4 is 0 Å². The van der Waals surface area contributed by atoms with Crippen molar-refractivity contribution in [2.45, 2.75) is 0 Å². The van der Waals surface area contributed by atoms with Gasteiger partial charge >= 0.3 is 0 Å². The van der Waals surface area contributed by atoms with E-state index in [1.54, 1.807) is 0 Å². The average molecular weight is 213 g/mol. The summed E-state index contributed by atoms with van der Waals surface area (Å²) in [6, 6.07) is 8.48. The molecule has 0 heterocycles. The van der Waals surface area contributed by atoms with Crippen molar-refractivity contribution < 1.29 is 19.9 Å². The predicted octanol–water partition coefficient (Wildman–Crippen LogP) is 0.0908. The van der Waals surface area contributed by atoms with Gasteiger partial charge in [0.2, 0.25) is 0 Å². The molecule has 0 radical (unpaired) electrons. The van der Waals surface area contributed by atoms with Crippen molar-refractivity contribution in [1.82, 2.24) is 5.64 Å². The lowest BCUT2D eigenvalue weighted by molar-refractivity contribution is -0.178. The molecule has 84 valence electrons. The van der Waals surface area contributed by atoms with Crippen LogP contribution in [-0.4, -0.2) is 36.6 Å². The molecule has 0 amide bonds. The molecular weight excluding hydrogens is 198 g/mol. The fourth-order valence-electron chi connectivity index (χ4n) is 0.892. The second kappa shape index (κ2) is 7.33. The third kappa shape index (κ3) is 5.46. The molecule has 0 aromatic heterocycles. The van der Waals surface area contributed by atoms with Crippen molar-refractivity contribution in [3.63, 3.8) is 0 Å². The molecule has 0 bridgehead atoms. The van der Waals surface area contributed by atoms with Crippen molar-refractivity contribution in [1.29, 1.82) is 0 Å². The lowest BCUT2D eigenvalue weighted by Gasteiger charge is -2.01. The summed E-state index contributed by atoms with van der Waals surface area (Å²) in [5.41, 5.74) is 4.92. The van der Waals surface area contributed by atoms with Gasteiger partial charge in [-0.05, 0) is 17.2 Å². The molecule has 5 nitrogen and oxygen atoms in total. The third-order valence-corrected chi connectivity index (χ3v) is 1.62. The van der Waals surface area contributed by atoms with Crippen LogP contribution in [-0.2, 0) is 9.68 Å². The van der Waals surface area contributed by atoms with Crippen LogP contribution in [0.2, 0.25) is 0 Å². The monoisotopic (exact) mass is 213 g/mol. The fourth-order valence-corrected chi connectivity index (χ4v) is 0.892. The van der Waals surface area contributed by atoms with Gasteiger partial charge in [0.25, 0.3) is 0 Å². The molecule has 2 aliphatic carbocycles. The van der Waals surface area contributed by atoms with Gasteiger partial charge < -0.3 is 10.2 Å². The number of fused-ring (bicyclic) bond motifs is 1. The van der Waals surface area contributed by atoms with E-state index < -0.39 is 0 Å². The minimum Gasteiger partial charge on any atom is -0.394 e. The molecule has 0 atom stereocenters. The molecule has 0 saturated heterocycles. The molecule has 0 aliphatic heterocycles. The lowest BCUT2D eigenvalue weighted by Crippen LogP contribution is -2.19. The number of aliphatic hydroxyl groups is 2. The van der Waals surface area contributed by atoms with E-state index in [2.05, 4.69) is 39.6 Å². The van der Waals surface area contributed by atoms with E-state index in [1.807, 2.05) is 0 Å². The van der Waals surface area contributed by atoms with E-state index in [-0.39, 0.29) is 26.4 Å². The summed E-state index contributed by atoms with van der Waals surface area (Å²) in [6.45, 7) is 0.224. The molecule has 0 unspecified atom stereocenters. The van der Waals surface area contributed by atoms with E-state index in [0.29, 0.717) is 0 Å². The summed E-state index contributed by atoms with van der Waals surface area (Å²) < 4.78 is 0. The Morgan fingerprint density at radius 2 is 1.53 bits per heavy atom. The molecule has 0 aromatic carbocycles. The smallest absolute Gasteiger partial charge is 0.0940 e. The van der Waals surface area contributed by atoms with Crippen LogP contribution in [0.3, 0.4) is 0 Å². The SMILES string of the molecule is OCCONOCCO.c1cc2cc-2c1. The molecule has 0 saturated carbocycles. The van der Waals surface area contributed by atoms with Crippen LogP contribution in [0.25, 0.3) is 11.1 Å². The van der Waals surface area contributed by atoms with Crippen molar-refractivity contribution in [2.24, 2.45) is 0 Å². The second-order valence-corrected chi connectivity index (χ2v) is 2.81. The van der Waals surface area contributed by atoms with Gasteiger partial charge in [0, 0.05) is 0 Å². The van der Waals surface area contributed by atoms with Crippen LogP contribution in [0.1, 0.15) is 0 Å². The first kappa shape index (κ1) is 12.1. The molecule has 3 N–H and O–H groups in total. The molecule has 0 spiro atoms. The Morgan fingerprint density at radius 3 is 1.80 bits per heavy atom. The van der Waals surface area contributed by atoms with Crippen LogP contribution >= 0.6 is 0 Å². The number of aliphatic hydroxyl groups excluding tert-OH is 2. The van der Waals surface area contributed by atoms with Crippen LogP contribution in [0.5, 0.6) is 0 Å². The van der Waals surface area contributed by atoms with Gasteiger partial charge in [0.05, 0.1) is 26.4 Å². The van der Waals surface area contributed by atoms with Crippen LogP contribution in [0.4, 0.5) is 0 Å². The summed E-state index contributed by atoms with van der Waals surface area (Å²) in [6.07, 6.45) is 0. The minimum atomic E-state index is -0.0600. The predicted molar refractivity (Wildman–Crippen MR) is 54.6 cm³/mol. The van der Waals surface area contributed by atoms with Gasteiger partial charge in [-0.25, -0.2) is 0 Å². The Labute approximate surface area is 88.2 Å². The normalized spacial score (nSPS) is 10.5. The maximum Gasteiger partial charge on any atom is 0.0940 e. The van der Waals surface area contributed by atoms with Gasteiger partial charge in [0.1, 0.15) is 0 Å². The maximum absolute atomic E-state index is 8.15. The van der Waals surface area contributed by atoms with Crippen LogP contribution in [0.15, 0.2) is 24.3 Å². The number of nitrogens with one attached hydrogen (secondary N) is 1. The highest BCUT2D eigenvalue weighted by atomic mass is 16.9. The Kier molecular flexibility index (Phi) is 5.91. The molecule has 2 rings (SSSR count). The third-order valence-electron chi connectivity index (χ3n) is 1.62. The molecule has 2 aliphatic rings. The van der Waals surface area contributed by atoms with Crippen LogP contribution in [0, 0.1) is 0 Å². The van der Waals surface area contributed by atoms with Gasteiger partial charge in [-0.1, -0.05) is 23.8 Å². The number of hydrogen-bond donors (Lipinski definition) is 3. The number of rotatable bonds is 6. The zero-order valence-corrected chi connectivity index (χ0v) is 8.35. The Bertz CT molecular complexity index is 257.